The quantitative estimate of drug-likeness (QED) is 0.121. The van der Waals surface area contributed by atoms with Crippen LogP contribution >= 0.6 is 22.7 Å². The predicted octanol–water partition coefficient (Wildman–Crippen LogP) is 4.42. The van der Waals surface area contributed by atoms with Crippen LogP contribution in [0.3, 0.4) is 0 Å². The third kappa shape index (κ3) is 13.2. The molecule has 0 fully saturated rings. The van der Waals surface area contributed by atoms with E-state index in [4.69, 9.17) is 4.74 Å². The fourth-order valence-electron chi connectivity index (χ4n) is 5.46. The Kier molecular flexibility index (Phi) is 15.2. The number of hydrogen-bond acceptors (Lipinski definition) is 8. The van der Waals surface area contributed by atoms with Crippen LogP contribution in [0.5, 0.6) is 0 Å². The third-order valence-electron chi connectivity index (χ3n) is 8.05. The lowest BCUT2D eigenvalue weighted by molar-refractivity contribution is -0.858. The van der Waals surface area contributed by atoms with E-state index in [0.29, 0.717) is 44.7 Å². The smallest absolute Gasteiger partial charge is 0.407 e. The summed E-state index contributed by atoms with van der Waals surface area (Å²) in [5.41, 5.74) is 4.69. The number of quaternary nitrogens is 1. The van der Waals surface area contributed by atoms with Crippen LogP contribution in [0, 0.1) is 0 Å². The average Bonchev–Trinajstić information content (AvgIpc) is 3.79. The molecule has 0 saturated heterocycles. The zero-order valence-corrected chi connectivity index (χ0v) is 31.2. The van der Waals surface area contributed by atoms with Gasteiger partial charge in [0.05, 0.1) is 41.7 Å². The zero-order valence-electron chi connectivity index (χ0n) is 29.6. The molecular formula is C37H50N7O4S2+. The summed E-state index contributed by atoms with van der Waals surface area (Å²) in [7, 11) is 5.62. The summed E-state index contributed by atoms with van der Waals surface area (Å²) < 4.78 is 5.50. The normalized spacial score (nSPS) is 13.0. The minimum absolute atomic E-state index is 0.153. The molecule has 1 unspecified atom stereocenters. The van der Waals surface area contributed by atoms with Gasteiger partial charge in [-0.3, -0.25) is 9.78 Å². The summed E-state index contributed by atoms with van der Waals surface area (Å²) in [4.78, 5) is 52.3. The molecule has 268 valence electrons. The number of rotatable bonds is 18. The number of urea groups is 1. The molecule has 2 aromatic carbocycles. The van der Waals surface area contributed by atoms with Gasteiger partial charge in [0.1, 0.15) is 13.2 Å². The second-order valence-corrected chi connectivity index (χ2v) is 15.0. The molecule has 0 saturated carbocycles. The second kappa shape index (κ2) is 19.8. The maximum absolute atomic E-state index is 13.9. The molecular weight excluding hydrogens is 671 g/mol. The van der Waals surface area contributed by atoms with Crippen LogP contribution in [0.25, 0.3) is 0 Å². The molecule has 0 aliphatic heterocycles. The number of nitrogens with one attached hydrogen (secondary N) is 4. The van der Waals surface area contributed by atoms with Crippen LogP contribution in [0.4, 0.5) is 9.59 Å². The van der Waals surface area contributed by atoms with E-state index < -0.39 is 12.1 Å². The Morgan fingerprint density at radius 1 is 0.880 bits per heavy atom. The number of thiazole rings is 2. The molecule has 4 N–H and O–H groups in total. The molecule has 0 spiro atoms. The summed E-state index contributed by atoms with van der Waals surface area (Å²) in [6.07, 6.45) is 3.57. The first-order chi connectivity index (χ1) is 24.0. The summed E-state index contributed by atoms with van der Waals surface area (Å²) in [5.74, 6) is 0.0708. The van der Waals surface area contributed by atoms with E-state index in [9.17, 15) is 14.4 Å². The molecule has 4 rings (SSSR count). The number of hydrogen-bond donors (Lipinski definition) is 4. The van der Waals surface area contributed by atoms with Crippen molar-refractivity contribution in [1.29, 1.82) is 0 Å². The van der Waals surface area contributed by atoms with Crippen molar-refractivity contribution in [2.24, 2.45) is 0 Å². The Labute approximate surface area is 303 Å². The van der Waals surface area contributed by atoms with Crippen molar-refractivity contribution >= 4 is 40.7 Å². The van der Waals surface area contributed by atoms with Crippen molar-refractivity contribution in [2.45, 2.75) is 76.7 Å². The maximum atomic E-state index is 13.9. The van der Waals surface area contributed by atoms with Gasteiger partial charge in [0, 0.05) is 36.6 Å². The van der Waals surface area contributed by atoms with Gasteiger partial charge in [-0.25, -0.2) is 14.6 Å². The maximum Gasteiger partial charge on any atom is 0.407 e. The molecule has 2 heterocycles. The lowest BCUT2D eigenvalue weighted by Gasteiger charge is -2.27. The standard InChI is InChI=1S/C37H49N7O4S2/c1-26(2)35-40-31(24-49-35)21-44(5)36(46)42-33(22-43(3)4)34(45)39-29(18-27-12-8-6-9-13-27)16-17-30(19-28-14-10-7-11-15-28)41-37(47)48-23-32-20-38-25-50-32/h6-15,20,24-26,29-30,33H,16-19,21-23H2,1-5H3,(H,39,45)(H,41,47)(H,42,46)/p+1/t29-,30-,33?/m1/s1. The Bertz CT molecular complexity index is 1600. The first kappa shape index (κ1) is 38.5. The van der Waals surface area contributed by atoms with E-state index in [0.717, 1.165) is 31.6 Å². The fourth-order valence-corrected chi connectivity index (χ4v) is 6.79. The van der Waals surface area contributed by atoms with Crippen LogP contribution in [-0.2, 0) is 35.5 Å². The Balaban J connectivity index is 1.44. The Morgan fingerprint density at radius 2 is 1.50 bits per heavy atom. The molecule has 0 bridgehead atoms. The molecule has 2 aromatic heterocycles. The largest absolute Gasteiger partial charge is 0.444 e. The lowest BCUT2D eigenvalue weighted by Crippen LogP contribution is -3.07. The third-order valence-corrected chi connectivity index (χ3v) is 9.99. The van der Waals surface area contributed by atoms with E-state index in [1.54, 1.807) is 35.0 Å². The van der Waals surface area contributed by atoms with Gasteiger partial charge in [0.25, 0.3) is 0 Å². The van der Waals surface area contributed by atoms with Crippen molar-refractivity contribution in [3.8, 4) is 0 Å². The van der Waals surface area contributed by atoms with Crippen molar-refractivity contribution < 1.29 is 24.0 Å². The van der Waals surface area contributed by atoms with E-state index in [1.165, 1.54) is 11.3 Å². The summed E-state index contributed by atoms with van der Waals surface area (Å²) in [6, 6.07) is 18.4. The minimum atomic E-state index is -0.755. The number of carbonyl (C=O) groups excluding carboxylic acids is 3. The van der Waals surface area contributed by atoms with Gasteiger partial charge in [-0.05, 0) is 36.8 Å². The molecule has 11 nitrogen and oxygen atoms in total. The number of benzene rings is 2. The van der Waals surface area contributed by atoms with Crippen molar-refractivity contribution in [3.63, 3.8) is 0 Å². The second-order valence-electron chi connectivity index (χ2n) is 13.1. The van der Waals surface area contributed by atoms with Gasteiger partial charge in [-0.1, -0.05) is 74.5 Å². The SMILES string of the molecule is CC(C)c1nc(CN(C)C(=O)NC(C[NH+](C)C)C(=O)N[C@H](CC[C@H](Cc2ccccc2)NC(=O)OCc2cncs2)Cc2ccccc2)cs1. The summed E-state index contributed by atoms with van der Waals surface area (Å²) in [5, 5.41) is 12.3. The van der Waals surface area contributed by atoms with E-state index >= 15 is 0 Å². The first-order valence-corrected chi connectivity index (χ1v) is 18.8. The highest BCUT2D eigenvalue weighted by Gasteiger charge is 2.28. The zero-order chi connectivity index (χ0) is 35.9. The van der Waals surface area contributed by atoms with Crippen LogP contribution in [0.1, 0.15) is 59.3 Å². The molecule has 0 radical (unpaired) electrons. The van der Waals surface area contributed by atoms with Gasteiger partial charge in [-0.15, -0.1) is 22.7 Å². The van der Waals surface area contributed by atoms with Gasteiger partial charge in [0.2, 0.25) is 5.91 Å². The van der Waals surface area contributed by atoms with E-state index in [1.807, 2.05) is 80.1 Å². The lowest BCUT2D eigenvalue weighted by atomic mass is 9.96. The molecule has 4 amide bonds. The molecule has 3 atom stereocenters. The molecule has 0 aliphatic carbocycles. The van der Waals surface area contributed by atoms with E-state index in [-0.39, 0.29) is 30.6 Å². The van der Waals surface area contributed by atoms with Crippen molar-refractivity contribution in [2.75, 3.05) is 27.7 Å². The van der Waals surface area contributed by atoms with Gasteiger partial charge < -0.3 is 30.5 Å². The monoisotopic (exact) mass is 720 g/mol. The Morgan fingerprint density at radius 3 is 2.04 bits per heavy atom. The van der Waals surface area contributed by atoms with Gasteiger partial charge in [-0.2, -0.15) is 0 Å². The number of amides is 4. The van der Waals surface area contributed by atoms with Gasteiger partial charge in [0.15, 0.2) is 6.04 Å². The number of ether oxygens (including phenoxy) is 1. The highest BCUT2D eigenvalue weighted by molar-refractivity contribution is 7.09. The molecule has 50 heavy (non-hydrogen) atoms. The van der Waals surface area contributed by atoms with Crippen LogP contribution in [-0.4, -0.2) is 78.7 Å². The topological polar surface area (TPSA) is 130 Å². The molecule has 13 heteroatoms. The Hall–Kier alpha value is -4.33. The average molecular weight is 721 g/mol. The van der Waals surface area contributed by atoms with Crippen molar-refractivity contribution in [3.05, 3.63) is 104 Å². The van der Waals surface area contributed by atoms with Crippen molar-refractivity contribution in [1.82, 2.24) is 30.8 Å². The van der Waals surface area contributed by atoms with Crippen LogP contribution in [0.15, 0.2) is 77.8 Å². The summed E-state index contributed by atoms with van der Waals surface area (Å²) in [6.45, 7) is 5.09. The number of nitrogens with zero attached hydrogens (tertiary/aromatic N) is 3. The number of alkyl carbamates (subject to hydrolysis) is 1. The minimum Gasteiger partial charge on any atom is -0.444 e. The number of aromatic nitrogens is 2. The van der Waals surface area contributed by atoms with Crippen LogP contribution < -0.4 is 20.9 Å². The first-order valence-electron chi connectivity index (χ1n) is 17.0. The summed E-state index contributed by atoms with van der Waals surface area (Å²) >= 11 is 3.02. The highest BCUT2D eigenvalue weighted by Crippen LogP contribution is 2.20. The number of likely N-dealkylation sites (N-methyl/N-ethyl adjacent to an activating group) is 1. The fraction of sp³-hybridized carbons (Fsp3) is 0.432. The highest BCUT2D eigenvalue weighted by atomic mass is 32.1. The van der Waals surface area contributed by atoms with E-state index in [2.05, 4.69) is 39.8 Å². The van der Waals surface area contributed by atoms with Crippen LogP contribution in [0.2, 0.25) is 0 Å². The molecule has 0 aliphatic rings. The molecule has 4 aromatic rings. The predicted molar refractivity (Wildman–Crippen MR) is 198 cm³/mol. The van der Waals surface area contributed by atoms with Gasteiger partial charge >= 0.3 is 12.1 Å². The number of carbonyl (C=O) groups is 3.